The Morgan fingerprint density at radius 2 is 2.12 bits per heavy atom. The summed E-state index contributed by atoms with van der Waals surface area (Å²) in [5, 5.41) is 0. The first kappa shape index (κ1) is 17.1. The molecule has 1 unspecified atom stereocenters. The van der Waals surface area contributed by atoms with Crippen molar-refractivity contribution in [2.45, 2.75) is 27.3 Å². The summed E-state index contributed by atoms with van der Waals surface area (Å²) in [4.78, 5) is 11.0. The summed E-state index contributed by atoms with van der Waals surface area (Å²) in [7, 11) is 2.02. The first-order valence-electron chi connectivity index (χ1n) is 5.56. The first-order chi connectivity index (χ1) is 7.95. The molecule has 1 aromatic heterocycles. The van der Waals surface area contributed by atoms with E-state index in [2.05, 4.69) is 35.8 Å². The van der Waals surface area contributed by atoms with Gasteiger partial charge in [-0.25, -0.2) is 9.13 Å². The lowest BCUT2D eigenvalue weighted by molar-refractivity contribution is -0.671. The Morgan fingerprint density at radius 1 is 1.47 bits per heavy atom. The van der Waals surface area contributed by atoms with Gasteiger partial charge in [0.15, 0.2) is 0 Å². The third kappa shape index (κ3) is 8.80. The molecule has 0 aliphatic carbocycles. The number of nitrogens with zero attached hydrogens (tertiary/aromatic N) is 2. The van der Waals surface area contributed by atoms with Crippen LogP contribution < -0.4 is 9.46 Å². The van der Waals surface area contributed by atoms with Crippen LogP contribution in [0.15, 0.2) is 18.7 Å². The molecular formula is C10H21N2O2PS2. The second-order valence-corrected chi connectivity index (χ2v) is 9.53. The molecule has 1 rings (SSSR count). The van der Waals surface area contributed by atoms with Crippen LogP contribution >= 0.6 is 17.1 Å². The molecule has 0 aromatic carbocycles. The van der Waals surface area contributed by atoms with Crippen molar-refractivity contribution in [2.24, 2.45) is 7.05 Å². The summed E-state index contributed by atoms with van der Waals surface area (Å²) in [5.74, 6) is 0.751. The van der Waals surface area contributed by atoms with Gasteiger partial charge in [0.05, 0.1) is 13.6 Å². The minimum atomic E-state index is -2.69. The maximum absolute atomic E-state index is 11.0. The lowest BCUT2D eigenvalue weighted by atomic mass is 10.7. The Hall–Kier alpha value is 0.130. The molecule has 0 saturated heterocycles. The highest BCUT2D eigenvalue weighted by molar-refractivity contribution is 8.67. The van der Waals surface area contributed by atoms with Gasteiger partial charge in [-0.05, 0) is 19.6 Å². The number of hydrogen-bond acceptors (Lipinski definition) is 4. The molecule has 0 N–H and O–H groups in total. The average Bonchev–Trinajstić information content (AvgIpc) is 2.65. The zero-order valence-electron chi connectivity index (χ0n) is 10.8. The van der Waals surface area contributed by atoms with Crippen LogP contribution in [0.1, 0.15) is 20.8 Å². The summed E-state index contributed by atoms with van der Waals surface area (Å²) in [6.07, 6.45) is 6.14. The third-order valence-electron chi connectivity index (χ3n) is 1.76. The Morgan fingerprint density at radius 3 is 2.41 bits per heavy atom. The standard InChI is InChI=1S/C6H11N2.C4H11O2PS2/c1-3-8-5-4-7(2)6-8;1-3-6-7(5,8)9-4-2/h4-6H,3H2,1-2H3;3-4H2,1-2H3,(H,5,8)/q+1;/p-1. The van der Waals surface area contributed by atoms with Crippen LogP contribution in [0.3, 0.4) is 0 Å². The topological polar surface area (TPSA) is 41.1 Å². The van der Waals surface area contributed by atoms with Crippen molar-refractivity contribution in [3.05, 3.63) is 18.7 Å². The van der Waals surface area contributed by atoms with E-state index in [1.54, 1.807) is 6.92 Å². The highest BCUT2D eigenvalue weighted by Crippen LogP contribution is 2.51. The molecule has 1 aromatic rings. The van der Waals surface area contributed by atoms with Crippen LogP contribution in [0.5, 0.6) is 0 Å². The van der Waals surface area contributed by atoms with E-state index in [0.29, 0.717) is 6.61 Å². The fourth-order valence-electron chi connectivity index (χ4n) is 1.04. The molecule has 0 aliphatic heterocycles. The van der Waals surface area contributed by atoms with Gasteiger partial charge in [-0.15, -0.1) is 11.4 Å². The van der Waals surface area contributed by atoms with Crippen LogP contribution in [-0.2, 0) is 29.9 Å². The summed E-state index contributed by atoms with van der Waals surface area (Å²) in [6.45, 7) is 7.31. The van der Waals surface area contributed by atoms with Gasteiger partial charge in [-0.2, -0.15) is 0 Å². The summed E-state index contributed by atoms with van der Waals surface area (Å²) in [5.41, 5.74) is -2.69. The Balaban J connectivity index is 0.000000302. The molecule has 1 atom stereocenters. The van der Waals surface area contributed by atoms with Crippen molar-refractivity contribution in [2.75, 3.05) is 12.4 Å². The normalized spacial score (nSPS) is 13.7. The van der Waals surface area contributed by atoms with Crippen molar-refractivity contribution in [3.63, 3.8) is 0 Å². The van der Waals surface area contributed by atoms with Crippen molar-refractivity contribution in [1.29, 1.82) is 0 Å². The Kier molecular flexibility index (Phi) is 9.18. The van der Waals surface area contributed by atoms with E-state index in [-0.39, 0.29) is 0 Å². The van der Waals surface area contributed by atoms with Crippen LogP contribution in [-0.4, -0.2) is 16.9 Å². The predicted molar refractivity (Wildman–Crippen MR) is 75.3 cm³/mol. The largest absolute Gasteiger partial charge is 0.793 e. The first-order valence-corrected chi connectivity index (χ1v) is 9.79. The molecule has 0 saturated carbocycles. The summed E-state index contributed by atoms with van der Waals surface area (Å²) in [6, 6.07) is 0. The van der Waals surface area contributed by atoms with Gasteiger partial charge in [-0.3, -0.25) is 0 Å². The van der Waals surface area contributed by atoms with E-state index in [4.69, 9.17) is 4.52 Å². The smallest absolute Gasteiger partial charge is 0.243 e. The van der Waals surface area contributed by atoms with Gasteiger partial charge in [0.25, 0.3) is 0 Å². The number of aromatic nitrogens is 2. The van der Waals surface area contributed by atoms with Gasteiger partial charge in [-0.1, -0.05) is 18.7 Å². The molecule has 0 fully saturated rings. The Bertz CT molecular complexity index is 348. The van der Waals surface area contributed by atoms with Crippen molar-refractivity contribution < 1.29 is 14.0 Å². The van der Waals surface area contributed by atoms with Gasteiger partial charge in [0.1, 0.15) is 12.4 Å². The van der Waals surface area contributed by atoms with E-state index < -0.39 is 5.69 Å². The lowest BCUT2D eigenvalue weighted by Crippen LogP contribution is -2.23. The molecule has 0 radical (unpaired) electrons. The predicted octanol–water partition coefficient (Wildman–Crippen LogP) is 1.69. The van der Waals surface area contributed by atoms with Crippen molar-refractivity contribution >= 4 is 28.9 Å². The second-order valence-electron chi connectivity index (χ2n) is 3.19. The monoisotopic (exact) mass is 296 g/mol. The van der Waals surface area contributed by atoms with E-state index in [9.17, 15) is 4.89 Å². The quantitative estimate of drug-likeness (QED) is 0.612. The van der Waals surface area contributed by atoms with Gasteiger partial charge in [0, 0.05) is 12.3 Å². The number of aryl methyl sites for hydroxylation is 2. The van der Waals surface area contributed by atoms with E-state index in [0.717, 1.165) is 12.3 Å². The number of hydrogen-bond donors (Lipinski definition) is 0. The molecule has 100 valence electrons. The second kappa shape index (κ2) is 9.11. The molecule has 0 aliphatic rings. The molecule has 0 spiro atoms. The third-order valence-corrected chi connectivity index (χ3v) is 6.22. The van der Waals surface area contributed by atoms with E-state index in [1.807, 2.05) is 24.7 Å². The van der Waals surface area contributed by atoms with Crippen LogP contribution in [0.2, 0.25) is 0 Å². The Labute approximate surface area is 113 Å². The van der Waals surface area contributed by atoms with Gasteiger partial charge >= 0.3 is 0 Å². The highest BCUT2D eigenvalue weighted by atomic mass is 32.9. The zero-order valence-corrected chi connectivity index (χ0v) is 13.4. The minimum Gasteiger partial charge on any atom is -0.793 e. The molecule has 0 amide bonds. The van der Waals surface area contributed by atoms with Gasteiger partial charge < -0.3 is 9.42 Å². The van der Waals surface area contributed by atoms with E-state index >= 15 is 0 Å². The number of imidazole rings is 1. The fraction of sp³-hybridized carbons (Fsp3) is 0.700. The van der Waals surface area contributed by atoms with Crippen molar-refractivity contribution in [3.8, 4) is 0 Å². The average molecular weight is 296 g/mol. The molecule has 17 heavy (non-hydrogen) atoms. The van der Waals surface area contributed by atoms with Crippen molar-refractivity contribution in [1.82, 2.24) is 4.57 Å². The highest BCUT2D eigenvalue weighted by Gasteiger charge is 1.98. The molecular weight excluding hydrogens is 275 g/mol. The number of rotatable bonds is 5. The SMILES string of the molecule is CCOP([O-])(=S)SCC.CCn1cc[n+](C)c1. The fourth-order valence-corrected chi connectivity index (χ4v) is 4.50. The summed E-state index contributed by atoms with van der Waals surface area (Å²) < 4.78 is 8.96. The molecule has 0 bridgehead atoms. The maximum atomic E-state index is 11.0. The molecule has 1 heterocycles. The van der Waals surface area contributed by atoms with Crippen LogP contribution in [0.25, 0.3) is 0 Å². The molecule has 4 nitrogen and oxygen atoms in total. The van der Waals surface area contributed by atoms with Gasteiger partial charge in [0.2, 0.25) is 6.33 Å². The van der Waals surface area contributed by atoms with Crippen LogP contribution in [0, 0.1) is 0 Å². The molecule has 7 heteroatoms. The minimum absolute atomic E-state index is 0.438. The van der Waals surface area contributed by atoms with Crippen LogP contribution in [0.4, 0.5) is 0 Å². The lowest BCUT2D eigenvalue weighted by Gasteiger charge is -2.25. The van der Waals surface area contributed by atoms with E-state index in [1.165, 1.54) is 11.4 Å². The summed E-state index contributed by atoms with van der Waals surface area (Å²) >= 11 is 5.84. The zero-order chi connectivity index (χ0) is 13.3. The maximum Gasteiger partial charge on any atom is 0.243 e.